The van der Waals surface area contributed by atoms with Crippen LogP contribution in [0.2, 0.25) is 0 Å². The van der Waals surface area contributed by atoms with Crippen LogP contribution in [0.3, 0.4) is 0 Å². The quantitative estimate of drug-likeness (QED) is 0.852. The molecule has 2 aromatic heterocycles. The van der Waals surface area contributed by atoms with Gasteiger partial charge in [-0.25, -0.2) is 9.48 Å². The highest BCUT2D eigenvalue weighted by Crippen LogP contribution is 2.37. The lowest BCUT2D eigenvalue weighted by molar-refractivity contribution is 0.0704. The SMILES string of the molecule is Cn1nc(C2CCN(C(=O)c3ccccn3)CC2)n(C2CC2)c1=O. The van der Waals surface area contributed by atoms with Gasteiger partial charge < -0.3 is 4.90 Å². The summed E-state index contributed by atoms with van der Waals surface area (Å²) in [6, 6.07) is 5.71. The highest BCUT2D eigenvalue weighted by Gasteiger charge is 2.34. The van der Waals surface area contributed by atoms with Crippen LogP contribution >= 0.6 is 0 Å². The molecule has 2 aliphatic rings. The molecule has 3 heterocycles. The number of nitrogens with zero attached hydrogens (tertiary/aromatic N) is 5. The predicted molar refractivity (Wildman–Crippen MR) is 87.9 cm³/mol. The number of hydrogen-bond acceptors (Lipinski definition) is 4. The third-order valence-corrected chi connectivity index (χ3v) is 4.93. The maximum absolute atomic E-state index is 12.5. The molecule has 0 radical (unpaired) electrons. The fourth-order valence-electron chi connectivity index (χ4n) is 3.44. The minimum absolute atomic E-state index is 0.0144. The smallest absolute Gasteiger partial charge is 0.337 e. The van der Waals surface area contributed by atoms with Gasteiger partial charge in [0.1, 0.15) is 11.5 Å². The summed E-state index contributed by atoms with van der Waals surface area (Å²) in [5.74, 6) is 1.12. The first kappa shape index (κ1) is 15.1. The van der Waals surface area contributed by atoms with Crippen LogP contribution in [0, 0.1) is 0 Å². The van der Waals surface area contributed by atoms with Crippen molar-refractivity contribution in [1.82, 2.24) is 24.2 Å². The molecule has 1 saturated heterocycles. The van der Waals surface area contributed by atoms with Gasteiger partial charge in [-0.2, -0.15) is 5.10 Å². The summed E-state index contributed by atoms with van der Waals surface area (Å²) < 4.78 is 3.32. The van der Waals surface area contributed by atoms with E-state index in [1.54, 1.807) is 25.4 Å². The zero-order valence-corrected chi connectivity index (χ0v) is 13.8. The number of hydrogen-bond donors (Lipinski definition) is 0. The first-order chi connectivity index (χ1) is 11.6. The Morgan fingerprint density at radius 3 is 2.54 bits per heavy atom. The number of likely N-dealkylation sites (tertiary alicyclic amines) is 1. The van der Waals surface area contributed by atoms with E-state index in [1.165, 1.54) is 4.68 Å². The molecule has 2 aromatic rings. The number of carbonyl (C=O) groups excluding carboxylic acids is 1. The molecule has 0 N–H and O–H groups in total. The fraction of sp³-hybridized carbons (Fsp3) is 0.529. The van der Waals surface area contributed by atoms with Gasteiger partial charge in [0.25, 0.3) is 5.91 Å². The maximum atomic E-state index is 12.5. The molecule has 4 rings (SSSR count). The van der Waals surface area contributed by atoms with E-state index in [-0.39, 0.29) is 17.5 Å². The van der Waals surface area contributed by atoms with Gasteiger partial charge in [-0.1, -0.05) is 6.07 Å². The minimum atomic E-state index is -0.0188. The van der Waals surface area contributed by atoms with E-state index in [0.29, 0.717) is 24.8 Å². The lowest BCUT2D eigenvalue weighted by Crippen LogP contribution is -2.39. The number of carbonyl (C=O) groups is 1. The van der Waals surface area contributed by atoms with Crippen LogP contribution in [0.5, 0.6) is 0 Å². The van der Waals surface area contributed by atoms with Gasteiger partial charge >= 0.3 is 5.69 Å². The van der Waals surface area contributed by atoms with Crippen LogP contribution < -0.4 is 5.69 Å². The molecule has 1 aliphatic carbocycles. The molecule has 1 aliphatic heterocycles. The number of aromatic nitrogens is 4. The molecule has 0 spiro atoms. The van der Waals surface area contributed by atoms with Crippen molar-refractivity contribution in [3.8, 4) is 0 Å². The van der Waals surface area contributed by atoms with E-state index < -0.39 is 0 Å². The summed E-state index contributed by atoms with van der Waals surface area (Å²) in [6.45, 7) is 1.35. The van der Waals surface area contributed by atoms with Crippen molar-refractivity contribution in [2.75, 3.05) is 13.1 Å². The van der Waals surface area contributed by atoms with Gasteiger partial charge in [0.15, 0.2) is 0 Å². The first-order valence-electron chi connectivity index (χ1n) is 8.51. The highest BCUT2D eigenvalue weighted by molar-refractivity contribution is 5.92. The van der Waals surface area contributed by atoms with Crippen molar-refractivity contribution in [1.29, 1.82) is 0 Å². The van der Waals surface area contributed by atoms with E-state index in [0.717, 1.165) is 31.5 Å². The Morgan fingerprint density at radius 1 is 1.17 bits per heavy atom. The molecular formula is C17H21N5O2. The largest absolute Gasteiger partial charge is 0.345 e. The van der Waals surface area contributed by atoms with Crippen LogP contribution in [0.25, 0.3) is 0 Å². The monoisotopic (exact) mass is 327 g/mol. The van der Waals surface area contributed by atoms with Crippen LogP contribution in [-0.4, -0.2) is 43.2 Å². The number of piperidine rings is 1. The second kappa shape index (κ2) is 5.89. The Bertz CT molecular complexity index is 798. The van der Waals surface area contributed by atoms with Crippen LogP contribution in [0.4, 0.5) is 0 Å². The third kappa shape index (κ3) is 2.64. The molecule has 0 aromatic carbocycles. The molecular weight excluding hydrogens is 306 g/mol. The van der Waals surface area contributed by atoms with Crippen molar-refractivity contribution in [3.05, 3.63) is 46.4 Å². The maximum Gasteiger partial charge on any atom is 0.345 e. The molecule has 1 amide bonds. The van der Waals surface area contributed by atoms with E-state index >= 15 is 0 Å². The molecule has 0 atom stereocenters. The standard InChI is InChI=1S/C17H21N5O2/c1-20-17(24)22(13-5-6-13)15(19-20)12-7-10-21(11-8-12)16(23)14-4-2-3-9-18-14/h2-4,9,12-13H,5-8,10-11H2,1H3. The van der Waals surface area contributed by atoms with Crippen molar-refractivity contribution >= 4 is 5.91 Å². The highest BCUT2D eigenvalue weighted by atomic mass is 16.2. The van der Waals surface area contributed by atoms with Gasteiger partial charge in [0, 0.05) is 38.3 Å². The number of rotatable bonds is 3. The second-order valence-corrected chi connectivity index (χ2v) is 6.65. The lowest BCUT2D eigenvalue weighted by atomic mass is 9.95. The summed E-state index contributed by atoms with van der Waals surface area (Å²) in [5, 5.41) is 4.47. The van der Waals surface area contributed by atoms with E-state index in [1.807, 2.05) is 15.5 Å². The molecule has 1 saturated carbocycles. The molecule has 24 heavy (non-hydrogen) atoms. The van der Waals surface area contributed by atoms with Crippen molar-refractivity contribution in [3.63, 3.8) is 0 Å². The van der Waals surface area contributed by atoms with Gasteiger partial charge in [0.05, 0.1) is 0 Å². The Labute approximate surface area is 139 Å². The van der Waals surface area contributed by atoms with E-state index in [2.05, 4.69) is 10.1 Å². The van der Waals surface area contributed by atoms with Gasteiger partial charge in [0.2, 0.25) is 0 Å². The summed E-state index contributed by atoms with van der Waals surface area (Å²) in [6.07, 6.45) is 5.44. The second-order valence-electron chi connectivity index (χ2n) is 6.65. The first-order valence-corrected chi connectivity index (χ1v) is 8.51. The van der Waals surface area contributed by atoms with Crippen molar-refractivity contribution in [2.24, 2.45) is 7.05 Å². The predicted octanol–water partition coefficient (Wildman–Crippen LogP) is 1.33. The van der Waals surface area contributed by atoms with Gasteiger partial charge in [-0.05, 0) is 37.8 Å². The molecule has 0 unspecified atom stereocenters. The molecule has 2 fully saturated rings. The Kier molecular flexibility index (Phi) is 3.70. The minimum Gasteiger partial charge on any atom is -0.337 e. The number of pyridine rings is 1. The third-order valence-electron chi connectivity index (χ3n) is 4.93. The zero-order chi connectivity index (χ0) is 16.7. The molecule has 7 heteroatoms. The average molecular weight is 327 g/mol. The topological polar surface area (TPSA) is 73.0 Å². The van der Waals surface area contributed by atoms with Crippen molar-refractivity contribution < 1.29 is 4.79 Å². The van der Waals surface area contributed by atoms with E-state index in [9.17, 15) is 9.59 Å². The number of amides is 1. The van der Waals surface area contributed by atoms with E-state index in [4.69, 9.17) is 0 Å². The van der Waals surface area contributed by atoms with Gasteiger partial charge in [-0.15, -0.1) is 0 Å². The summed E-state index contributed by atoms with van der Waals surface area (Å²) in [7, 11) is 1.71. The molecule has 0 bridgehead atoms. The van der Waals surface area contributed by atoms with Crippen LogP contribution in [0.1, 0.15) is 54.0 Å². The van der Waals surface area contributed by atoms with Crippen molar-refractivity contribution in [2.45, 2.75) is 37.6 Å². The van der Waals surface area contributed by atoms with Crippen LogP contribution in [0.15, 0.2) is 29.2 Å². The Hall–Kier alpha value is -2.44. The lowest BCUT2D eigenvalue weighted by Gasteiger charge is -2.31. The molecule has 126 valence electrons. The zero-order valence-electron chi connectivity index (χ0n) is 13.8. The normalized spacial score (nSPS) is 18.8. The summed E-state index contributed by atoms with van der Waals surface area (Å²) in [4.78, 5) is 30.7. The Morgan fingerprint density at radius 2 is 1.92 bits per heavy atom. The fourth-order valence-corrected chi connectivity index (χ4v) is 3.44. The van der Waals surface area contributed by atoms with Crippen LogP contribution in [-0.2, 0) is 7.05 Å². The molecule has 7 nitrogen and oxygen atoms in total. The Balaban J connectivity index is 1.48. The summed E-state index contributed by atoms with van der Waals surface area (Å²) >= 11 is 0. The number of aryl methyl sites for hydroxylation is 1. The summed E-state index contributed by atoms with van der Waals surface area (Å²) in [5.41, 5.74) is 0.475. The average Bonchev–Trinajstić information content (AvgIpc) is 3.41. The van der Waals surface area contributed by atoms with Gasteiger partial charge in [-0.3, -0.25) is 14.3 Å².